The van der Waals surface area contributed by atoms with Crippen LogP contribution in [0.1, 0.15) is 26.7 Å². The number of sulfonamides is 1. The van der Waals surface area contributed by atoms with Gasteiger partial charge in [0.25, 0.3) is 0 Å². The van der Waals surface area contributed by atoms with Crippen molar-refractivity contribution in [2.75, 3.05) is 26.2 Å². The Kier molecular flexibility index (Phi) is 5.92. The van der Waals surface area contributed by atoms with Crippen LogP contribution in [-0.4, -0.2) is 49.7 Å². The molecule has 1 aliphatic rings. The second kappa shape index (κ2) is 7.57. The second-order valence-corrected chi connectivity index (χ2v) is 8.25. The van der Waals surface area contributed by atoms with Gasteiger partial charge < -0.3 is 4.90 Å². The van der Waals surface area contributed by atoms with Crippen molar-refractivity contribution in [3.05, 3.63) is 29.8 Å². The molecule has 1 aromatic carbocycles. The lowest BCUT2D eigenvalue weighted by Crippen LogP contribution is -2.37. The zero-order chi connectivity index (χ0) is 17.9. The van der Waals surface area contributed by atoms with E-state index in [-0.39, 0.29) is 29.8 Å². The molecule has 0 aliphatic carbocycles. The first-order valence-corrected chi connectivity index (χ1v) is 9.39. The van der Waals surface area contributed by atoms with E-state index in [9.17, 15) is 22.0 Å². The molecule has 0 N–H and O–H groups in total. The van der Waals surface area contributed by atoms with Crippen molar-refractivity contribution >= 4 is 15.9 Å². The Morgan fingerprint density at radius 1 is 1.12 bits per heavy atom. The van der Waals surface area contributed by atoms with E-state index >= 15 is 0 Å². The monoisotopic (exact) mass is 360 g/mol. The maximum Gasteiger partial charge on any atom is 0.243 e. The minimum atomic E-state index is -3.91. The summed E-state index contributed by atoms with van der Waals surface area (Å²) in [5.74, 6) is -2.03. The van der Waals surface area contributed by atoms with Gasteiger partial charge in [-0.25, -0.2) is 17.2 Å². The molecule has 1 fully saturated rings. The number of carbonyl (C=O) groups is 1. The zero-order valence-electron chi connectivity index (χ0n) is 13.8. The van der Waals surface area contributed by atoms with Gasteiger partial charge in [-0.3, -0.25) is 4.79 Å². The van der Waals surface area contributed by atoms with Crippen LogP contribution < -0.4 is 0 Å². The van der Waals surface area contributed by atoms with E-state index < -0.39 is 21.7 Å². The minimum absolute atomic E-state index is 0.0112. The molecule has 0 aromatic heterocycles. The Bertz CT molecular complexity index is 707. The van der Waals surface area contributed by atoms with Gasteiger partial charge in [0.1, 0.15) is 0 Å². The molecular formula is C16H22F2N2O3S. The number of halogens is 2. The molecule has 0 spiro atoms. The first-order valence-electron chi connectivity index (χ1n) is 7.95. The quantitative estimate of drug-likeness (QED) is 0.827. The SMILES string of the molecule is CC(C)CC(=O)N1CCCN(S(=O)(=O)c2ccc(F)c(F)c2)CC1. The third-order valence-corrected chi connectivity index (χ3v) is 5.81. The highest BCUT2D eigenvalue weighted by Crippen LogP contribution is 2.20. The molecule has 5 nitrogen and oxygen atoms in total. The Morgan fingerprint density at radius 3 is 2.46 bits per heavy atom. The molecule has 24 heavy (non-hydrogen) atoms. The van der Waals surface area contributed by atoms with Gasteiger partial charge in [0.05, 0.1) is 4.90 Å². The van der Waals surface area contributed by atoms with Gasteiger partial charge >= 0.3 is 0 Å². The molecule has 8 heteroatoms. The normalized spacial score (nSPS) is 17.1. The maximum absolute atomic E-state index is 13.3. The molecule has 1 aromatic rings. The third kappa shape index (κ3) is 4.30. The van der Waals surface area contributed by atoms with E-state index in [1.54, 1.807) is 4.90 Å². The fourth-order valence-electron chi connectivity index (χ4n) is 2.65. The van der Waals surface area contributed by atoms with Crippen LogP contribution in [0.25, 0.3) is 0 Å². The fraction of sp³-hybridized carbons (Fsp3) is 0.562. The van der Waals surface area contributed by atoms with Gasteiger partial charge in [-0.1, -0.05) is 13.8 Å². The number of amides is 1. The molecule has 1 amide bonds. The van der Waals surface area contributed by atoms with E-state index in [0.717, 1.165) is 12.1 Å². The van der Waals surface area contributed by atoms with Crippen LogP contribution in [0.5, 0.6) is 0 Å². The Morgan fingerprint density at radius 2 is 1.83 bits per heavy atom. The van der Waals surface area contributed by atoms with Crippen LogP contribution in [0.15, 0.2) is 23.1 Å². The third-order valence-electron chi connectivity index (χ3n) is 3.92. The van der Waals surface area contributed by atoms with Crippen molar-refractivity contribution in [1.82, 2.24) is 9.21 Å². The molecule has 2 rings (SSSR count). The number of hydrogen-bond donors (Lipinski definition) is 0. The first kappa shape index (κ1) is 18.8. The fourth-order valence-corrected chi connectivity index (χ4v) is 4.13. The van der Waals surface area contributed by atoms with Gasteiger partial charge in [-0.2, -0.15) is 4.31 Å². The average Bonchev–Trinajstić information content (AvgIpc) is 2.75. The second-order valence-electron chi connectivity index (χ2n) is 6.31. The van der Waals surface area contributed by atoms with Gasteiger partial charge in [-0.05, 0) is 30.5 Å². The van der Waals surface area contributed by atoms with Gasteiger partial charge in [-0.15, -0.1) is 0 Å². The summed E-state index contributed by atoms with van der Waals surface area (Å²) in [6.45, 7) is 5.09. The highest BCUT2D eigenvalue weighted by atomic mass is 32.2. The summed E-state index contributed by atoms with van der Waals surface area (Å²) in [6.07, 6.45) is 0.933. The van der Waals surface area contributed by atoms with E-state index in [2.05, 4.69) is 0 Å². The van der Waals surface area contributed by atoms with Crippen molar-refractivity contribution in [3.8, 4) is 0 Å². The molecule has 0 unspecified atom stereocenters. The lowest BCUT2D eigenvalue weighted by Gasteiger charge is -2.22. The standard InChI is InChI=1S/C16H22F2N2O3S/c1-12(2)10-16(21)19-6-3-7-20(9-8-19)24(22,23)13-4-5-14(17)15(18)11-13/h4-5,11-12H,3,6-10H2,1-2H3. The summed E-state index contributed by atoms with van der Waals surface area (Å²) in [6, 6.07) is 2.55. The van der Waals surface area contributed by atoms with Crippen LogP contribution in [0.2, 0.25) is 0 Å². The molecule has 1 heterocycles. The number of rotatable bonds is 4. The molecule has 0 atom stereocenters. The predicted octanol–water partition coefficient (Wildman–Crippen LogP) is 2.23. The van der Waals surface area contributed by atoms with Gasteiger partial charge in [0.15, 0.2) is 11.6 Å². The summed E-state index contributed by atoms with van der Waals surface area (Å²) in [7, 11) is -3.91. The van der Waals surface area contributed by atoms with Crippen LogP contribution in [-0.2, 0) is 14.8 Å². The topological polar surface area (TPSA) is 57.7 Å². The van der Waals surface area contributed by atoms with Crippen molar-refractivity contribution in [1.29, 1.82) is 0 Å². The Balaban J connectivity index is 2.12. The summed E-state index contributed by atoms with van der Waals surface area (Å²) >= 11 is 0. The zero-order valence-corrected chi connectivity index (χ0v) is 14.7. The van der Waals surface area contributed by atoms with E-state index in [1.165, 1.54) is 4.31 Å². The van der Waals surface area contributed by atoms with Crippen LogP contribution in [0.4, 0.5) is 8.78 Å². The molecule has 1 aliphatic heterocycles. The van der Waals surface area contributed by atoms with Crippen LogP contribution in [0.3, 0.4) is 0 Å². The first-order chi connectivity index (χ1) is 11.2. The molecule has 0 radical (unpaired) electrons. The summed E-state index contributed by atoms with van der Waals surface area (Å²) in [4.78, 5) is 13.5. The molecule has 134 valence electrons. The van der Waals surface area contributed by atoms with Crippen LogP contribution in [0, 0.1) is 17.6 Å². The van der Waals surface area contributed by atoms with Crippen LogP contribution >= 0.6 is 0 Å². The van der Waals surface area contributed by atoms with E-state index in [0.29, 0.717) is 32.0 Å². The maximum atomic E-state index is 13.3. The summed E-state index contributed by atoms with van der Waals surface area (Å²) in [5.41, 5.74) is 0. The number of nitrogens with zero attached hydrogens (tertiary/aromatic N) is 2. The number of hydrogen-bond acceptors (Lipinski definition) is 3. The highest BCUT2D eigenvalue weighted by Gasteiger charge is 2.29. The molecular weight excluding hydrogens is 338 g/mol. The van der Waals surface area contributed by atoms with E-state index in [4.69, 9.17) is 0 Å². The van der Waals surface area contributed by atoms with Crippen molar-refractivity contribution in [3.63, 3.8) is 0 Å². The highest BCUT2D eigenvalue weighted by molar-refractivity contribution is 7.89. The lowest BCUT2D eigenvalue weighted by molar-refractivity contribution is -0.131. The Hall–Kier alpha value is -1.54. The number of carbonyl (C=O) groups excluding carboxylic acids is 1. The van der Waals surface area contributed by atoms with Crippen molar-refractivity contribution in [2.45, 2.75) is 31.6 Å². The number of benzene rings is 1. The summed E-state index contributed by atoms with van der Waals surface area (Å²) < 4.78 is 52.8. The molecule has 1 saturated heterocycles. The van der Waals surface area contributed by atoms with Crippen molar-refractivity contribution in [2.24, 2.45) is 5.92 Å². The molecule has 0 saturated carbocycles. The smallest absolute Gasteiger partial charge is 0.243 e. The van der Waals surface area contributed by atoms with E-state index in [1.807, 2.05) is 13.8 Å². The average molecular weight is 360 g/mol. The Labute approximate surface area is 141 Å². The molecule has 0 bridgehead atoms. The largest absolute Gasteiger partial charge is 0.341 e. The van der Waals surface area contributed by atoms with Crippen molar-refractivity contribution < 1.29 is 22.0 Å². The van der Waals surface area contributed by atoms with Gasteiger partial charge in [0, 0.05) is 32.6 Å². The lowest BCUT2D eigenvalue weighted by atomic mass is 10.1. The predicted molar refractivity (Wildman–Crippen MR) is 85.8 cm³/mol. The minimum Gasteiger partial charge on any atom is -0.341 e. The van der Waals surface area contributed by atoms with Gasteiger partial charge in [0.2, 0.25) is 15.9 Å². The summed E-state index contributed by atoms with van der Waals surface area (Å²) in [5, 5.41) is 0.